The van der Waals surface area contributed by atoms with E-state index in [2.05, 4.69) is 35.5 Å². The molecule has 0 unspecified atom stereocenters. The van der Waals surface area contributed by atoms with Crippen molar-refractivity contribution in [3.8, 4) is 5.82 Å². The van der Waals surface area contributed by atoms with Crippen LogP contribution in [0.5, 0.6) is 0 Å². The zero-order valence-corrected chi connectivity index (χ0v) is 15.5. The van der Waals surface area contributed by atoms with Gasteiger partial charge in [-0.1, -0.05) is 0 Å². The van der Waals surface area contributed by atoms with E-state index in [4.69, 9.17) is 0 Å². The van der Waals surface area contributed by atoms with E-state index in [0.717, 1.165) is 38.2 Å². The molecule has 1 saturated heterocycles. The lowest BCUT2D eigenvalue weighted by molar-refractivity contribution is -0.125. The molecule has 1 amide bonds. The molecule has 1 fully saturated rings. The number of anilines is 1. The minimum absolute atomic E-state index is 0.0519. The van der Waals surface area contributed by atoms with Gasteiger partial charge in [-0.05, 0) is 49.1 Å². The third-order valence-corrected chi connectivity index (χ3v) is 4.94. The summed E-state index contributed by atoms with van der Waals surface area (Å²) in [4.78, 5) is 22.5. The average molecular weight is 378 g/mol. The summed E-state index contributed by atoms with van der Waals surface area (Å²) in [5, 5.41) is 15.6. The number of nitrogens with zero attached hydrogens (tertiary/aromatic N) is 7. The molecule has 0 atom stereocenters. The van der Waals surface area contributed by atoms with Gasteiger partial charge < -0.3 is 10.2 Å². The smallest absolute Gasteiger partial charge is 0.223 e. The van der Waals surface area contributed by atoms with Gasteiger partial charge in [0.05, 0.1) is 0 Å². The predicted octanol–water partition coefficient (Wildman–Crippen LogP) is 1.03. The van der Waals surface area contributed by atoms with Crippen molar-refractivity contribution in [2.24, 2.45) is 5.92 Å². The Hall–Kier alpha value is -3.36. The number of carbonyl (C=O) groups excluding carboxylic acids is 1. The van der Waals surface area contributed by atoms with Crippen molar-refractivity contribution < 1.29 is 4.79 Å². The molecule has 1 aliphatic rings. The zero-order valence-electron chi connectivity index (χ0n) is 15.5. The summed E-state index contributed by atoms with van der Waals surface area (Å²) in [7, 11) is 0. The largest absolute Gasteiger partial charge is 0.356 e. The van der Waals surface area contributed by atoms with E-state index >= 15 is 0 Å². The molecule has 144 valence electrons. The summed E-state index contributed by atoms with van der Waals surface area (Å²) in [6.45, 7) is 2.23. The average Bonchev–Trinajstić information content (AvgIpc) is 3.30. The first-order chi connectivity index (χ1) is 13.8. The van der Waals surface area contributed by atoms with Crippen molar-refractivity contribution in [3.05, 3.63) is 54.9 Å². The van der Waals surface area contributed by atoms with Crippen LogP contribution in [0, 0.1) is 5.92 Å². The van der Waals surface area contributed by atoms with Crippen LogP contribution in [0.1, 0.15) is 18.4 Å². The number of aromatic nitrogens is 6. The van der Waals surface area contributed by atoms with Crippen LogP contribution in [0.3, 0.4) is 0 Å². The Bertz CT molecular complexity index is 874. The second kappa shape index (κ2) is 8.55. The predicted molar refractivity (Wildman–Crippen MR) is 103 cm³/mol. The van der Waals surface area contributed by atoms with E-state index in [1.807, 2.05) is 24.3 Å². The topological polar surface area (TPSA) is 102 Å². The highest BCUT2D eigenvalue weighted by Gasteiger charge is 2.25. The first kappa shape index (κ1) is 18.0. The zero-order chi connectivity index (χ0) is 19.2. The van der Waals surface area contributed by atoms with Gasteiger partial charge in [0.25, 0.3) is 0 Å². The fourth-order valence-corrected chi connectivity index (χ4v) is 3.33. The summed E-state index contributed by atoms with van der Waals surface area (Å²) in [5.74, 6) is 1.64. The molecule has 3 aromatic heterocycles. The summed E-state index contributed by atoms with van der Waals surface area (Å²) in [5.41, 5.74) is 1.18. The summed E-state index contributed by atoms with van der Waals surface area (Å²) in [6, 6.07) is 7.74. The van der Waals surface area contributed by atoms with Crippen LogP contribution < -0.4 is 10.2 Å². The van der Waals surface area contributed by atoms with E-state index in [0.29, 0.717) is 12.4 Å². The van der Waals surface area contributed by atoms with Crippen LogP contribution in [0.15, 0.2) is 49.3 Å². The van der Waals surface area contributed by atoms with E-state index in [1.165, 1.54) is 11.9 Å². The minimum atomic E-state index is 0.0519. The Morgan fingerprint density at radius 2 is 1.79 bits per heavy atom. The summed E-state index contributed by atoms with van der Waals surface area (Å²) < 4.78 is 1.57. The van der Waals surface area contributed by atoms with Gasteiger partial charge in [-0.25, -0.2) is 9.67 Å². The molecule has 1 N–H and O–H groups in total. The van der Waals surface area contributed by atoms with Crippen LogP contribution in [-0.4, -0.2) is 55.5 Å². The molecule has 1 aliphatic heterocycles. The Morgan fingerprint density at radius 3 is 2.46 bits per heavy atom. The minimum Gasteiger partial charge on any atom is -0.356 e. The van der Waals surface area contributed by atoms with Crippen LogP contribution in [0.2, 0.25) is 0 Å². The molecule has 0 radical (unpaired) electrons. The molecule has 0 aliphatic carbocycles. The summed E-state index contributed by atoms with van der Waals surface area (Å²) in [6.07, 6.45) is 9.04. The Kier molecular flexibility index (Phi) is 5.51. The van der Waals surface area contributed by atoms with Gasteiger partial charge in [0.15, 0.2) is 11.6 Å². The highest BCUT2D eigenvalue weighted by atomic mass is 16.1. The quantitative estimate of drug-likeness (QED) is 0.683. The summed E-state index contributed by atoms with van der Waals surface area (Å²) >= 11 is 0. The van der Waals surface area contributed by atoms with Gasteiger partial charge in [0.2, 0.25) is 5.91 Å². The van der Waals surface area contributed by atoms with Gasteiger partial charge in [0.1, 0.15) is 12.7 Å². The standard InChI is InChI=1S/C19H22N8O/c28-19(22-10-5-15-3-8-20-9-4-15)16-6-11-26(12-7-16)17-1-2-18(25-24-17)27-14-21-13-23-27/h1-4,8-9,13-14,16H,5-7,10-12H2,(H,22,28). The lowest BCUT2D eigenvalue weighted by Gasteiger charge is -2.31. The lowest BCUT2D eigenvalue weighted by atomic mass is 9.96. The van der Waals surface area contributed by atoms with Crippen LogP contribution >= 0.6 is 0 Å². The molecule has 4 heterocycles. The van der Waals surface area contributed by atoms with Gasteiger partial charge in [0, 0.05) is 37.9 Å². The molecule has 0 bridgehead atoms. The molecule has 0 spiro atoms. The fraction of sp³-hybridized carbons (Fsp3) is 0.368. The van der Waals surface area contributed by atoms with Gasteiger partial charge in [-0.15, -0.1) is 10.2 Å². The lowest BCUT2D eigenvalue weighted by Crippen LogP contribution is -2.41. The maximum atomic E-state index is 12.4. The number of pyridine rings is 1. The number of piperidine rings is 1. The molecule has 9 heteroatoms. The molecule has 0 saturated carbocycles. The highest BCUT2D eigenvalue weighted by molar-refractivity contribution is 5.79. The van der Waals surface area contributed by atoms with Crippen LogP contribution in [-0.2, 0) is 11.2 Å². The molecule has 9 nitrogen and oxygen atoms in total. The number of amides is 1. The van der Waals surface area contributed by atoms with Crippen LogP contribution in [0.25, 0.3) is 5.82 Å². The number of hydrogen-bond donors (Lipinski definition) is 1. The Labute approximate surface area is 162 Å². The maximum absolute atomic E-state index is 12.4. The molecular formula is C19H22N8O. The first-order valence-electron chi connectivity index (χ1n) is 9.40. The van der Waals surface area contributed by atoms with Gasteiger partial charge in [-0.2, -0.15) is 5.10 Å². The number of rotatable bonds is 6. The number of hydrogen-bond acceptors (Lipinski definition) is 7. The van der Waals surface area contributed by atoms with Crippen molar-refractivity contribution in [2.75, 3.05) is 24.5 Å². The number of nitrogens with one attached hydrogen (secondary N) is 1. The molecule has 28 heavy (non-hydrogen) atoms. The maximum Gasteiger partial charge on any atom is 0.223 e. The monoisotopic (exact) mass is 378 g/mol. The van der Waals surface area contributed by atoms with E-state index in [-0.39, 0.29) is 11.8 Å². The van der Waals surface area contributed by atoms with Crippen molar-refractivity contribution in [3.63, 3.8) is 0 Å². The van der Waals surface area contributed by atoms with Crippen molar-refractivity contribution in [2.45, 2.75) is 19.3 Å². The third kappa shape index (κ3) is 4.30. The molecular weight excluding hydrogens is 356 g/mol. The van der Waals surface area contributed by atoms with E-state index in [1.54, 1.807) is 23.4 Å². The Morgan fingerprint density at radius 1 is 1.04 bits per heavy atom. The van der Waals surface area contributed by atoms with Gasteiger partial charge in [-0.3, -0.25) is 9.78 Å². The molecule has 4 rings (SSSR count). The van der Waals surface area contributed by atoms with E-state index < -0.39 is 0 Å². The van der Waals surface area contributed by atoms with Crippen molar-refractivity contribution >= 4 is 11.7 Å². The fourth-order valence-electron chi connectivity index (χ4n) is 3.33. The first-order valence-corrected chi connectivity index (χ1v) is 9.40. The van der Waals surface area contributed by atoms with E-state index in [9.17, 15) is 4.79 Å². The molecule has 3 aromatic rings. The van der Waals surface area contributed by atoms with Crippen molar-refractivity contribution in [1.82, 2.24) is 35.3 Å². The SMILES string of the molecule is O=C(NCCc1ccncc1)C1CCN(c2ccc(-n3cncn3)nn2)CC1. The Balaban J connectivity index is 1.24. The third-order valence-electron chi connectivity index (χ3n) is 4.94. The molecule has 0 aromatic carbocycles. The second-order valence-corrected chi connectivity index (χ2v) is 6.75. The van der Waals surface area contributed by atoms with Gasteiger partial charge >= 0.3 is 0 Å². The highest BCUT2D eigenvalue weighted by Crippen LogP contribution is 2.22. The number of carbonyl (C=O) groups is 1. The normalized spacial score (nSPS) is 14.8. The second-order valence-electron chi connectivity index (χ2n) is 6.75. The van der Waals surface area contributed by atoms with Crippen molar-refractivity contribution in [1.29, 1.82) is 0 Å². The van der Waals surface area contributed by atoms with Crippen LogP contribution in [0.4, 0.5) is 5.82 Å².